The van der Waals surface area contributed by atoms with Crippen molar-refractivity contribution < 1.29 is 4.39 Å². The summed E-state index contributed by atoms with van der Waals surface area (Å²) in [5.74, 6) is 0.172. The molecule has 0 amide bonds. The van der Waals surface area contributed by atoms with Crippen LogP contribution in [0, 0.1) is 12.7 Å². The van der Waals surface area contributed by atoms with E-state index >= 15 is 0 Å². The van der Waals surface area contributed by atoms with Gasteiger partial charge in [0.05, 0.1) is 21.4 Å². The van der Waals surface area contributed by atoms with E-state index in [1.807, 2.05) is 25.1 Å². The highest BCUT2D eigenvalue weighted by Gasteiger charge is 2.20. The Bertz CT molecular complexity index is 804. The Morgan fingerprint density at radius 2 is 2.00 bits per heavy atom. The summed E-state index contributed by atoms with van der Waals surface area (Å²) in [4.78, 5) is 4.52. The third-order valence-corrected chi connectivity index (χ3v) is 3.85. The topological polar surface area (TPSA) is 17.8 Å². The molecule has 2 aromatic carbocycles. The summed E-state index contributed by atoms with van der Waals surface area (Å²) in [6.45, 7) is 3.78. The molecule has 0 spiro atoms. The zero-order chi connectivity index (χ0) is 15.1. The Morgan fingerprint density at radius 3 is 2.67 bits per heavy atom. The van der Waals surface area contributed by atoms with Gasteiger partial charge in [-0.2, -0.15) is 0 Å². The standard InChI is InChI=1S/C16H13Cl2FN2/c1-9-6-7-13-14(8-9)21(16(20-13)10(2)17)15-11(18)4-3-5-12(15)19/h3-8,10H,1-2H3. The number of benzene rings is 2. The summed E-state index contributed by atoms with van der Waals surface area (Å²) in [5, 5.41) is -0.0391. The van der Waals surface area contributed by atoms with Crippen molar-refractivity contribution in [3.63, 3.8) is 0 Å². The minimum atomic E-state index is -0.401. The first-order valence-electron chi connectivity index (χ1n) is 6.56. The van der Waals surface area contributed by atoms with Gasteiger partial charge in [0.15, 0.2) is 0 Å². The van der Waals surface area contributed by atoms with Gasteiger partial charge in [0.25, 0.3) is 0 Å². The second-order valence-corrected chi connectivity index (χ2v) is 6.05. The fourth-order valence-electron chi connectivity index (χ4n) is 2.41. The molecule has 0 saturated heterocycles. The highest BCUT2D eigenvalue weighted by Crippen LogP contribution is 2.33. The summed E-state index contributed by atoms with van der Waals surface area (Å²) >= 11 is 12.4. The van der Waals surface area contributed by atoms with Crippen molar-refractivity contribution in [3.8, 4) is 5.69 Å². The van der Waals surface area contributed by atoms with Crippen molar-refractivity contribution in [1.29, 1.82) is 0 Å². The number of imidazole rings is 1. The molecule has 1 unspecified atom stereocenters. The Kier molecular flexibility index (Phi) is 3.64. The second kappa shape index (κ2) is 5.32. The van der Waals surface area contributed by atoms with E-state index in [9.17, 15) is 4.39 Å². The van der Waals surface area contributed by atoms with E-state index in [2.05, 4.69) is 4.98 Å². The lowest BCUT2D eigenvalue weighted by atomic mass is 10.2. The van der Waals surface area contributed by atoms with Crippen molar-refractivity contribution in [2.45, 2.75) is 19.2 Å². The van der Waals surface area contributed by atoms with E-state index in [0.717, 1.165) is 16.6 Å². The molecule has 5 heteroatoms. The van der Waals surface area contributed by atoms with Gasteiger partial charge < -0.3 is 0 Å². The molecule has 21 heavy (non-hydrogen) atoms. The molecule has 0 aliphatic rings. The minimum absolute atomic E-state index is 0.287. The summed E-state index contributed by atoms with van der Waals surface area (Å²) in [5.41, 5.74) is 2.91. The quantitative estimate of drug-likeness (QED) is 0.575. The zero-order valence-electron chi connectivity index (χ0n) is 11.6. The Balaban J connectivity index is 2.44. The highest BCUT2D eigenvalue weighted by molar-refractivity contribution is 6.32. The van der Waals surface area contributed by atoms with Crippen LogP contribution >= 0.6 is 23.2 Å². The van der Waals surface area contributed by atoms with E-state index in [0.29, 0.717) is 10.8 Å². The summed E-state index contributed by atoms with van der Waals surface area (Å²) < 4.78 is 16.0. The van der Waals surface area contributed by atoms with Crippen molar-refractivity contribution in [2.24, 2.45) is 0 Å². The molecule has 1 aromatic heterocycles. The van der Waals surface area contributed by atoms with Gasteiger partial charge in [-0.3, -0.25) is 4.57 Å². The predicted molar refractivity (Wildman–Crippen MR) is 85.0 cm³/mol. The number of aromatic nitrogens is 2. The maximum atomic E-state index is 14.3. The first kappa shape index (κ1) is 14.4. The van der Waals surface area contributed by atoms with Gasteiger partial charge in [0, 0.05) is 0 Å². The first-order chi connectivity index (χ1) is 9.99. The lowest BCUT2D eigenvalue weighted by Gasteiger charge is -2.13. The number of hydrogen-bond acceptors (Lipinski definition) is 1. The molecule has 0 aliphatic heterocycles. The molecule has 3 rings (SSSR count). The average molecular weight is 323 g/mol. The van der Waals surface area contributed by atoms with Gasteiger partial charge in [-0.05, 0) is 43.7 Å². The van der Waals surface area contributed by atoms with Crippen molar-refractivity contribution in [1.82, 2.24) is 9.55 Å². The SMILES string of the molecule is Cc1ccc2nc(C(C)Cl)n(-c3c(F)cccc3Cl)c2c1. The Morgan fingerprint density at radius 1 is 1.24 bits per heavy atom. The van der Waals surface area contributed by atoms with Crippen LogP contribution in [0.3, 0.4) is 0 Å². The van der Waals surface area contributed by atoms with Crippen LogP contribution in [-0.4, -0.2) is 9.55 Å². The van der Waals surface area contributed by atoms with E-state index < -0.39 is 5.82 Å². The summed E-state index contributed by atoms with van der Waals surface area (Å²) in [6, 6.07) is 10.4. The van der Waals surface area contributed by atoms with Crippen LogP contribution in [0.5, 0.6) is 0 Å². The van der Waals surface area contributed by atoms with E-state index in [-0.39, 0.29) is 11.1 Å². The zero-order valence-corrected chi connectivity index (χ0v) is 13.1. The van der Waals surface area contributed by atoms with Gasteiger partial charge in [-0.1, -0.05) is 23.7 Å². The smallest absolute Gasteiger partial charge is 0.148 e. The molecular weight excluding hydrogens is 310 g/mol. The predicted octanol–water partition coefficient (Wildman–Crippen LogP) is 5.43. The summed E-state index contributed by atoms with van der Waals surface area (Å²) in [6.07, 6.45) is 0. The van der Waals surface area contributed by atoms with Crippen molar-refractivity contribution >= 4 is 34.2 Å². The fourth-order valence-corrected chi connectivity index (χ4v) is 2.80. The minimum Gasteiger partial charge on any atom is -0.291 e. The number of hydrogen-bond donors (Lipinski definition) is 0. The molecule has 1 heterocycles. The monoisotopic (exact) mass is 322 g/mol. The number of nitrogens with zero attached hydrogens (tertiary/aromatic N) is 2. The lowest BCUT2D eigenvalue weighted by molar-refractivity contribution is 0.616. The number of halogens is 3. The molecule has 0 saturated carbocycles. The average Bonchev–Trinajstić information content (AvgIpc) is 2.78. The molecule has 108 valence electrons. The fraction of sp³-hybridized carbons (Fsp3) is 0.188. The van der Waals surface area contributed by atoms with Crippen LogP contribution in [-0.2, 0) is 0 Å². The van der Waals surface area contributed by atoms with Gasteiger partial charge in [-0.15, -0.1) is 11.6 Å². The molecule has 1 atom stereocenters. The number of para-hydroxylation sites is 1. The van der Waals surface area contributed by atoms with Crippen LogP contribution in [0.1, 0.15) is 23.7 Å². The van der Waals surface area contributed by atoms with Gasteiger partial charge >= 0.3 is 0 Å². The van der Waals surface area contributed by atoms with Crippen LogP contribution in [0.15, 0.2) is 36.4 Å². The molecule has 0 N–H and O–H groups in total. The number of rotatable bonds is 2. The van der Waals surface area contributed by atoms with Gasteiger partial charge in [0.1, 0.15) is 17.3 Å². The van der Waals surface area contributed by atoms with Gasteiger partial charge in [-0.25, -0.2) is 9.37 Å². The third-order valence-electron chi connectivity index (χ3n) is 3.35. The number of aryl methyl sites for hydroxylation is 1. The maximum Gasteiger partial charge on any atom is 0.148 e. The molecule has 0 aliphatic carbocycles. The number of fused-ring (bicyclic) bond motifs is 1. The largest absolute Gasteiger partial charge is 0.291 e. The molecular formula is C16H13Cl2FN2. The van der Waals surface area contributed by atoms with Crippen molar-refractivity contribution in [2.75, 3.05) is 0 Å². The number of alkyl halides is 1. The maximum absolute atomic E-state index is 14.3. The van der Waals surface area contributed by atoms with Gasteiger partial charge in [0.2, 0.25) is 0 Å². The molecule has 2 nitrogen and oxygen atoms in total. The third kappa shape index (κ3) is 2.41. The Hall–Kier alpha value is -1.58. The van der Waals surface area contributed by atoms with Crippen LogP contribution in [0.25, 0.3) is 16.7 Å². The molecule has 0 fully saturated rings. The van der Waals surface area contributed by atoms with E-state index in [4.69, 9.17) is 23.2 Å². The van der Waals surface area contributed by atoms with Crippen LogP contribution in [0.4, 0.5) is 4.39 Å². The Labute approximate surface area is 132 Å². The van der Waals surface area contributed by atoms with E-state index in [1.54, 1.807) is 23.6 Å². The lowest BCUT2D eigenvalue weighted by Crippen LogP contribution is -2.05. The molecule has 0 radical (unpaired) electrons. The second-order valence-electron chi connectivity index (χ2n) is 4.98. The first-order valence-corrected chi connectivity index (χ1v) is 7.38. The molecule has 0 bridgehead atoms. The van der Waals surface area contributed by atoms with E-state index in [1.165, 1.54) is 6.07 Å². The van der Waals surface area contributed by atoms with Crippen molar-refractivity contribution in [3.05, 3.63) is 58.6 Å². The van der Waals surface area contributed by atoms with Crippen LogP contribution < -0.4 is 0 Å². The molecule has 3 aromatic rings. The normalized spacial score (nSPS) is 12.8. The van der Waals surface area contributed by atoms with Crippen LogP contribution in [0.2, 0.25) is 5.02 Å². The summed E-state index contributed by atoms with van der Waals surface area (Å²) in [7, 11) is 0. The highest BCUT2D eigenvalue weighted by atomic mass is 35.5.